The van der Waals surface area contributed by atoms with Gasteiger partial charge in [0.05, 0.1) is 11.4 Å². The second kappa shape index (κ2) is 7.66. The number of hydrogen-bond acceptors (Lipinski definition) is 5. The predicted molar refractivity (Wildman–Crippen MR) is 103 cm³/mol. The molecule has 0 aliphatic rings. The maximum Gasteiger partial charge on any atom is 0.156 e. The standard InChI is InChI=1S/C20H25N5O/c1-13-11-19(23-20(21-13)12-26-5)22-16(4)17-6-8-18(9-7-17)25-15(3)10-14(2)24-25/h6-11,16H,12H2,1-5H3,(H,21,22,23). The summed E-state index contributed by atoms with van der Waals surface area (Å²) in [5, 5.41) is 7.98. The van der Waals surface area contributed by atoms with Crippen molar-refractivity contribution in [3.8, 4) is 5.69 Å². The van der Waals surface area contributed by atoms with Gasteiger partial charge in [0.25, 0.3) is 0 Å². The molecule has 3 rings (SSSR count). The second-order valence-corrected chi connectivity index (χ2v) is 6.54. The normalized spacial score (nSPS) is 12.2. The molecule has 1 N–H and O–H groups in total. The van der Waals surface area contributed by atoms with Gasteiger partial charge in [0.15, 0.2) is 5.82 Å². The molecule has 0 amide bonds. The Morgan fingerprint density at radius 3 is 2.38 bits per heavy atom. The third-order valence-corrected chi connectivity index (χ3v) is 4.19. The van der Waals surface area contributed by atoms with E-state index in [0.717, 1.165) is 28.6 Å². The van der Waals surface area contributed by atoms with Crippen molar-refractivity contribution >= 4 is 5.82 Å². The van der Waals surface area contributed by atoms with Crippen LogP contribution in [0.4, 0.5) is 5.82 Å². The Morgan fingerprint density at radius 1 is 1.04 bits per heavy atom. The maximum atomic E-state index is 5.13. The van der Waals surface area contributed by atoms with Crippen molar-refractivity contribution in [1.29, 1.82) is 0 Å². The number of rotatable bonds is 6. The topological polar surface area (TPSA) is 64.9 Å². The molecule has 26 heavy (non-hydrogen) atoms. The van der Waals surface area contributed by atoms with Crippen LogP contribution in [0.15, 0.2) is 36.4 Å². The van der Waals surface area contributed by atoms with E-state index in [1.165, 1.54) is 5.56 Å². The summed E-state index contributed by atoms with van der Waals surface area (Å²) in [6.07, 6.45) is 0. The predicted octanol–water partition coefficient (Wildman–Crippen LogP) is 3.91. The smallest absolute Gasteiger partial charge is 0.156 e. The highest BCUT2D eigenvalue weighted by atomic mass is 16.5. The van der Waals surface area contributed by atoms with Gasteiger partial charge in [-0.05, 0) is 51.5 Å². The minimum absolute atomic E-state index is 0.120. The van der Waals surface area contributed by atoms with E-state index in [-0.39, 0.29) is 6.04 Å². The molecule has 0 fully saturated rings. The van der Waals surface area contributed by atoms with E-state index in [1.807, 2.05) is 24.6 Å². The van der Waals surface area contributed by atoms with Crippen molar-refractivity contribution in [3.63, 3.8) is 0 Å². The molecular weight excluding hydrogens is 326 g/mol. The number of ether oxygens (including phenoxy) is 1. The fraction of sp³-hybridized carbons (Fsp3) is 0.350. The average Bonchev–Trinajstić information content (AvgIpc) is 2.93. The van der Waals surface area contributed by atoms with E-state index in [9.17, 15) is 0 Å². The van der Waals surface area contributed by atoms with Crippen LogP contribution >= 0.6 is 0 Å². The summed E-state index contributed by atoms with van der Waals surface area (Å²) < 4.78 is 7.09. The fourth-order valence-electron chi connectivity index (χ4n) is 3.00. The minimum Gasteiger partial charge on any atom is -0.377 e. The van der Waals surface area contributed by atoms with E-state index >= 15 is 0 Å². The molecule has 0 saturated carbocycles. The SMILES string of the molecule is COCc1nc(C)cc(NC(C)c2ccc(-n3nc(C)cc3C)cc2)n1. The molecule has 0 aliphatic carbocycles. The Morgan fingerprint density at radius 2 is 1.77 bits per heavy atom. The van der Waals surface area contributed by atoms with Crippen LogP contribution in [-0.4, -0.2) is 26.9 Å². The summed E-state index contributed by atoms with van der Waals surface area (Å²) in [7, 11) is 1.64. The van der Waals surface area contributed by atoms with E-state index in [2.05, 4.69) is 64.6 Å². The highest BCUT2D eigenvalue weighted by molar-refractivity contribution is 5.42. The summed E-state index contributed by atoms with van der Waals surface area (Å²) in [5.41, 5.74) is 5.31. The van der Waals surface area contributed by atoms with Crippen molar-refractivity contribution in [1.82, 2.24) is 19.7 Å². The summed E-state index contributed by atoms with van der Waals surface area (Å²) >= 11 is 0. The van der Waals surface area contributed by atoms with Crippen LogP contribution in [0.2, 0.25) is 0 Å². The lowest BCUT2D eigenvalue weighted by Gasteiger charge is -2.16. The first-order valence-electron chi connectivity index (χ1n) is 8.70. The third kappa shape index (κ3) is 4.08. The Kier molecular flexibility index (Phi) is 5.32. The first kappa shape index (κ1) is 18.1. The van der Waals surface area contributed by atoms with Crippen LogP contribution in [0.25, 0.3) is 5.69 Å². The molecule has 0 bridgehead atoms. The Hall–Kier alpha value is -2.73. The van der Waals surface area contributed by atoms with Crippen LogP contribution in [0.3, 0.4) is 0 Å². The van der Waals surface area contributed by atoms with E-state index < -0.39 is 0 Å². The molecule has 6 nitrogen and oxygen atoms in total. The lowest BCUT2D eigenvalue weighted by Crippen LogP contribution is -2.10. The third-order valence-electron chi connectivity index (χ3n) is 4.19. The molecule has 1 unspecified atom stereocenters. The van der Waals surface area contributed by atoms with E-state index in [1.54, 1.807) is 7.11 Å². The van der Waals surface area contributed by atoms with Crippen molar-refractivity contribution in [2.45, 2.75) is 40.3 Å². The first-order chi connectivity index (χ1) is 12.5. The molecular formula is C20H25N5O. The zero-order chi connectivity index (χ0) is 18.7. The lowest BCUT2D eigenvalue weighted by atomic mass is 10.1. The highest BCUT2D eigenvalue weighted by Gasteiger charge is 2.10. The number of nitrogens with zero attached hydrogens (tertiary/aromatic N) is 4. The molecule has 6 heteroatoms. The lowest BCUT2D eigenvalue weighted by molar-refractivity contribution is 0.177. The largest absolute Gasteiger partial charge is 0.377 e. The molecule has 2 heterocycles. The summed E-state index contributed by atoms with van der Waals surface area (Å²) in [6, 6.07) is 12.6. The van der Waals surface area contributed by atoms with Crippen LogP contribution in [0, 0.1) is 20.8 Å². The molecule has 0 spiro atoms. The van der Waals surface area contributed by atoms with Crippen molar-refractivity contribution in [2.24, 2.45) is 0 Å². The second-order valence-electron chi connectivity index (χ2n) is 6.54. The molecule has 1 aromatic carbocycles. The molecule has 0 aliphatic heterocycles. The number of aryl methyl sites for hydroxylation is 3. The van der Waals surface area contributed by atoms with Gasteiger partial charge in [-0.25, -0.2) is 14.6 Å². The Labute approximate surface area is 154 Å². The maximum absolute atomic E-state index is 5.13. The van der Waals surface area contributed by atoms with E-state index in [4.69, 9.17) is 4.74 Å². The molecule has 1 atom stereocenters. The van der Waals surface area contributed by atoms with Gasteiger partial charge in [0.2, 0.25) is 0 Å². The number of hydrogen-bond donors (Lipinski definition) is 1. The number of benzene rings is 1. The van der Waals surface area contributed by atoms with E-state index in [0.29, 0.717) is 12.4 Å². The minimum atomic E-state index is 0.120. The van der Waals surface area contributed by atoms with Crippen molar-refractivity contribution in [2.75, 3.05) is 12.4 Å². The van der Waals surface area contributed by atoms with Gasteiger partial charge in [0, 0.05) is 30.6 Å². The Bertz CT molecular complexity index is 886. The molecule has 0 saturated heterocycles. The first-order valence-corrected chi connectivity index (χ1v) is 8.70. The van der Waals surface area contributed by atoms with Gasteiger partial charge in [-0.1, -0.05) is 12.1 Å². The Balaban J connectivity index is 1.76. The summed E-state index contributed by atoms with van der Waals surface area (Å²) in [5.74, 6) is 1.49. The zero-order valence-corrected chi connectivity index (χ0v) is 15.9. The van der Waals surface area contributed by atoms with Gasteiger partial charge < -0.3 is 10.1 Å². The molecule has 3 aromatic rings. The number of methoxy groups -OCH3 is 1. The monoisotopic (exact) mass is 351 g/mol. The fourth-order valence-corrected chi connectivity index (χ4v) is 3.00. The van der Waals surface area contributed by atoms with Crippen molar-refractivity contribution in [3.05, 3.63) is 64.9 Å². The van der Waals surface area contributed by atoms with Gasteiger partial charge in [-0.3, -0.25) is 0 Å². The molecule has 2 aromatic heterocycles. The molecule has 136 valence electrons. The number of aromatic nitrogens is 4. The summed E-state index contributed by atoms with van der Waals surface area (Å²) in [6.45, 7) is 8.55. The van der Waals surface area contributed by atoms with Crippen molar-refractivity contribution < 1.29 is 4.74 Å². The van der Waals surface area contributed by atoms with Gasteiger partial charge in [0.1, 0.15) is 12.4 Å². The molecule has 0 radical (unpaired) electrons. The summed E-state index contributed by atoms with van der Waals surface area (Å²) in [4.78, 5) is 8.88. The van der Waals surface area contributed by atoms with Crippen LogP contribution in [0.1, 0.15) is 41.4 Å². The number of anilines is 1. The van der Waals surface area contributed by atoms with Gasteiger partial charge in [-0.2, -0.15) is 5.10 Å². The van der Waals surface area contributed by atoms with Crippen LogP contribution in [0.5, 0.6) is 0 Å². The van der Waals surface area contributed by atoms with Crippen LogP contribution < -0.4 is 5.32 Å². The number of nitrogens with one attached hydrogen (secondary N) is 1. The van der Waals surface area contributed by atoms with Crippen LogP contribution in [-0.2, 0) is 11.3 Å². The quantitative estimate of drug-likeness (QED) is 0.729. The average molecular weight is 351 g/mol. The zero-order valence-electron chi connectivity index (χ0n) is 15.9. The highest BCUT2D eigenvalue weighted by Crippen LogP contribution is 2.21. The van der Waals surface area contributed by atoms with Gasteiger partial charge >= 0.3 is 0 Å². The van der Waals surface area contributed by atoms with Gasteiger partial charge in [-0.15, -0.1) is 0 Å².